The molecule has 1 fully saturated rings. The third-order valence-corrected chi connectivity index (χ3v) is 6.43. The van der Waals surface area contributed by atoms with E-state index in [0.717, 1.165) is 27.9 Å². The van der Waals surface area contributed by atoms with Crippen LogP contribution in [0.1, 0.15) is 49.6 Å². The molecule has 0 atom stereocenters. The highest BCUT2D eigenvalue weighted by Gasteiger charge is 2.51. The van der Waals surface area contributed by atoms with Crippen LogP contribution in [-0.2, 0) is 20.7 Å². The largest absolute Gasteiger partial charge is 0.494 e. The summed E-state index contributed by atoms with van der Waals surface area (Å²) in [6.07, 6.45) is 0. The van der Waals surface area contributed by atoms with Crippen LogP contribution in [-0.4, -0.2) is 31.4 Å². The molecule has 0 unspecified atom stereocenters. The molecule has 7 heteroatoms. The number of hydrogen-bond acceptors (Lipinski definition) is 6. The highest BCUT2D eigenvalue weighted by Crippen LogP contribution is 2.36. The lowest BCUT2D eigenvalue weighted by Gasteiger charge is -2.32. The van der Waals surface area contributed by atoms with Crippen molar-refractivity contribution in [3.63, 3.8) is 0 Å². The van der Waals surface area contributed by atoms with Crippen molar-refractivity contribution in [2.45, 2.75) is 52.4 Å². The summed E-state index contributed by atoms with van der Waals surface area (Å²) < 4.78 is 28.3. The van der Waals surface area contributed by atoms with Crippen molar-refractivity contribution in [2.24, 2.45) is 0 Å². The molecule has 1 aliphatic rings. The Bertz CT molecular complexity index is 1110. The Morgan fingerprint density at radius 2 is 1.45 bits per heavy atom. The van der Waals surface area contributed by atoms with Gasteiger partial charge in [-0.2, -0.15) is 0 Å². The second-order valence-corrected chi connectivity index (χ2v) is 9.21. The fourth-order valence-electron chi connectivity index (χ4n) is 3.58. The molecular weight excluding hydrogens is 419 g/mol. The summed E-state index contributed by atoms with van der Waals surface area (Å²) in [7, 11) is 0.953. The van der Waals surface area contributed by atoms with Crippen molar-refractivity contribution in [1.29, 1.82) is 0 Å². The zero-order valence-corrected chi connectivity index (χ0v) is 19.9. The molecule has 3 aromatic rings. The Hall–Kier alpha value is -3.03. The molecule has 6 nitrogen and oxygen atoms in total. The standard InChI is InChI=1S/C26H29BO6/c1-17-20(15-23(31-17)24(28)29-6)16-30-22-13-9-19(10-14-22)18-7-11-21(12-8-18)27-32-25(2,3)26(4,5)33-27/h7-15H,16H2,1-6H3. The normalized spacial score (nSPS) is 16.6. The fraction of sp³-hybridized carbons (Fsp3) is 0.346. The number of aryl methyl sites for hydroxylation is 1. The first-order chi connectivity index (χ1) is 15.6. The molecule has 4 rings (SSSR count). The Morgan fingerprint density at radius 1 is 0.909 bits per heavy atom. The van der Waals surface area contributed by atoms with E-state index in [2.05, 4.69) is 44.6 Å². The highest BCUT2D eigenvalue weighted by molar-refractivity contribution is 6.62. The predicted octanol–water partition coefficient (Wildman–Crippen LogP) is 4.92. The first-order valence-corrected chi connectivity index (χ1v) is 11.0. The van der Waals surface area contributed by atoms with Crippen molar-refractivity contribution in [3.8, 4) is 16.9 Å². The highest BCUT2D eigenvalue weighted by atomic mass is 16.7. The smallest absolute Gasteiger partial charge is 0.489 e. The van der Waals surface area contributed by atoms with E-state index in [1.807, 2.05) is 36.4 Å². The maximum Gasteiger partial charge on any atom is 0.494 e. The quantitative estimate of drug-likeness (QED) is 0.394. The number of methoxy groups -OCH3 is 1. The molecule has 0 radical (unpaired) electrons. The van der Waals surface area contributed by atoms with Gasteiger partial charge in [0.2, 0.25) is 5.76 Å². The summed E-state index contributed by atoms with van der Waals surface area (Å²) in [6, 6.07) is 17.8. The van der Waals surface area contributed by atoms with E-state index in [-0.39, 0.29) is 24.1 Å². The van der Waals surface area contributed by atoms with Crippen LogP contribution in [0.5, 0.6) is 5.75 Å². The molecule has 2 aromatic carbocycles. The molecule has 0 bridgehead atoms. The van der Waals surface area contributed by atoms with Gasteiger partial charge in [0.05, 0.1) is 18.3 Å². The zero-order valence-electron chi connectivity index (χ0n) is 19.9. The zero-order chi connectivity index (χ0) is 23.8. The lowest BCUT2D eigenvalue weighted by atomic mass is 9.78. The number of hydrogen-bond donors (Lipinski definition) is 0. The van der Waals surface area contributed by atoms with Crippen molar-refractivity contribution in [1.82, 2.24) is 0 Å². The third-order valence-electron chi connectivity index (χ3n) is 6.43. The van der Waals surface area contributed by atoms with Gasteiger partial charge >= 0.3 is 13.1 Å². The van der Waals surface area contributed by atoms with E-state index >= 15 is 0 Å². The minimum atomic E-state index is -0.502. The summed E-state index contributed by atoms with van der Waals surface area (Å²) in [5.74, 6) is 1.04. The topological polar surface area (TPSA) is 67.1 Å². The number of carbonyl (C=O) groups is 1. The van der Waals surface area contributed by atoms with Gasteiger partial charge in [0.15, 0.2) is 0 Å². The van der Waals surface area contributed by atoms with Gasteiger partial charge in [0.1, 0.15) is 18.1 Å². The first-order valence-electron chi connectivity index (χ1n) is 11.0. The van der Waals surface area contributed by atoms with Crippen LogP contribution in [0.2, 0.25) is 0 Å². The fourth-order valence-corrected chi connectivity index (χ4v) is 3.58. The average Bonchev–Trinajstić information content (AvgIpc) is 3.27. The SMILES string of the molecule is COC(=O)c1cc(COc2ccc(-c3ccc(B4OC(C)(C)C(C)(C)O4)cc3)cc2)c(C)o1. The first kappa shape index (κ1) is 23.1. The van der Waals surface area contributed by atoms with Crippen molar-refractivity contribution in [3.05, 3.63) is 71.7 Å². The monoisotopic (exact) mass is 448 g/mol. The lowest BCUT2D eigenvalue weighted by molar-refractivity contribution is 0.00578. The van der Waals surface area contributed by atoms with Crippen LogP contribution in [0, 0.1) is 6.92 Å². The van der Waals surface area contributed by atoms with E-state index < -0.39 is 5.97 Å². The Balaban J connectivity index is 1.40. The van der Waals surface area contributed by atoms with E-state index in [1.165, 1.54) is 7.11 Å². The molecule has 0 N–H and O–H groups in total. The molecular formula is C26H29BO6. The molecule has 1 saturated heterocycles. The van der Waals surface area contributed by atoms with E-state index in [4.69, 9.17) is 18.5 Å². The number of rotatable bonds is 6. The molecule has 0 spiro atoms. The summed E-state index contributed by atoms with van der Waals surface area (Å²) in [5, 5.41) is 0. The molecule has 1 aliphatic heterocycles. The van der Waals surface area contributed by atoms with Gasteiger partial charge in [0, 0.05) is 5.56 Å². The number of carbonyl (C=O) groups excluding carboxylic acids is 1. The van der Waals surface area contributed by atoms with Crippen LogP contribution in [0.3, 0.4) is 0 Å². The number of furan rings is 1. The summed E-state index contributed by atoms with van der Waals surface area (Å²) in [4.78, 5) is 11.6. The maximum atomic E-state index is 11.6. The summed E-state index contributed by atoms with van der Waals surface area (Å²) >= 11 is 0. The number of benzene rings is 2. The van der Waals surface area contributed by atoms with Gasteiger partial charge in [-0.05, 0) is 69.4 Å². The molecule has 172 valence electrons. The molecule has 2 heterocycles. The van der Waals surface area contributed by atoms with Crippen molar-refractivity contribution < 1.29 is 28.0 Å². The second-order valence-electron chi connectivity index (χ2n) is 9.21. The summed E-state index contributed by atoms with van der Waals surface area (Å²) in [5.41, 5.74) is 3.26. The van der Waals surface area contributed by atoms with Gasteiger partial charge in [-0.25, -0.2) is 4.79 Å². The third kappa shape index (κ3) is 4.70. The van der Waals surface area contributed by atoms with Crippen molar-refractivity contribution >= 4 is 18.6 Å². The minimum Gasteiger partial charge on any atom is -0.489 e. The van der Waals surface area contributed by atoms with Gasteiger partial charge in [-0.1, -0.05) is 36.4 Å². The second kappa shape index (κ2) is 8.73. The van der Waals surface area contributed by atoms with Crippen LogP contribution in [0.25, 0.3) is 11.1 Å². The van der Waals surface area contributed by atoms with Crippen molar-refractivity contribution in [2.75, 3.05) is 7.11 Å². The van der Waals surface area contributed by atoms with E-state index in [9.17, 15) is 4.79 Å². The van der Waals surface area contributed by atoms with Gasteiger partial charge < -0.3 is 23.2 Å². The Labute approximate surface area is 194 Å². The Morgan fingerprint density at radius 3 is 2.00 bits per heavy atom. The molecule has 0 amide bonds. The van der Waals surface area contributed by atoms with Gasteiger partial charge in [-0.15, -0.1) is 0 Å². The van der Waals surface area contributed by atoms with Gasteiger partial charge in [0.25, 0.3) is 0 Å². The molecule has 33 heavy (non-hydrogen) atoms. The molecule has 0 aliphatic carbocycles. The van der Waals surface area contributed by atoms with Crippen LogP contribution >= 0.6 is 0 Å². The number of esters is 1. The van der Waals surface area contributed by atoms with Gasteiger partial charge in [-0.3, -0.25) is 0 Å². The maximum absolute atomic E-state index is 11.6. The van der Waals surface area contributed by atoms with Crippen LogP contribution in [0.15, 0.2) is 59.0 Å². The summed E-state index contributed by atoms with van der Waals surface area (Å²) in [6.45, 7) is 10.3. The minimum absolute atomic E-state index is 0.174. The molecule has 1 aromatic heterocycles. The Kier molecular flexibility index (Phi) is 6.12. The average molecular weight is 448 g/mol. The number of ether oxygens (including phenoxy) is 2. The van der Waals surface area contributed by atoms with E-state index in [1.54, 1.807) is 13.0 Å². The van der Waals surface area contributed by atoms with Crippen LogP contribution < -0.4 is 10.2 Å². The molecule has 0 saturated carbocycles. The van der Waals surface area contributed by atoms with Crippen LogP contribution in [0.4, 0.5) is 0 Å². The predicted molar refractivity (Wildman–Crippen MR) is 127 cm³/mol. The van der Waals surface area contributed by atoms with E-state index in [0.29, 0.717) is 12.4 Å². The lowest BCUT2D eigenvalue weighted by Crippen LogP contribution is -2.41.